The normalized spacial score (nSPS) is 25.9. The molecule has 2 saturated carbocycles. The summed E-state index contributed by atoms with van der Waals surface area (Å²) in [6.45, 7) is 8.75. The lowest BCUT2D eigenvalue weighted by atomic mass is 9.60. The molecule has 2 aliphatic carbocycles. The summed E-state index contributed by atoms with van der Waals surface area (Å²) in [7, 11) is 0. The van der Waals surface area contributed by atoms with Crippen LogP contribution in [0.2, 0.25) is 0 Å². The number of hydrogen-bond acceptors (Lipinski definition) is 2. The van der Waals surface area contributed by atoms with E-state index in [1.807, 2.05) is 12.1 Å². The van der Waals surface area contributed by atoms with Gasteiger partial charge in [-0.3, -0.25) is 0 Å². The summed E-state index contributed by atoms with van der Waals surface area (Å²) in [6, 6.07) is 8.44. The van der Waals surface area contributed by atoms with Gasteiger partial charge in [0.05, 0.1) is 0 Å². The van der Waals surface area contributed by atoms with Crippen LogP contribution in [0.25, 0.3) is 0 Å². The maximum atomic E-state index is 12.7. The molecule has 2 aliphatic rings. The summed E-state index contributed by atoms with van der Waals surface area (Å²) in [5.74, 6) is 0.764. The molecule has 2 atom stereocenters. The Labute approximate surface area is 171 Å². The molecule has 2 amide bonds. The fourth-order valence-electron chi connectivity index (χ4n) is 5.52. The molecule has 0 spiro atoms. The third kappa shape index (κ3) is 4.82. The number of urea groups is 1. The summed E-state index contributed by atoms with van der Waals surface area (Å²) in [6.07, 6.45) is 11.7. The van der Waals surface area contributed by atoms with E-state index in [2.05, 4.69) is 48.4 Å². The first kappa shape index (κ1) is 21.0. The predicted molar refractivity (Wildman–Crippen MR) is 119 cm³/mol. The van der Waals surface area contributed by atoms with E-state index in [4.69, 9.17) is 0 Å². The highest BCUT2D eigenvalue weighted by Gasteiger charge is 2.43. The van der Waals surface area contributed by atoms with Crippen LogP contribution in [0.1, 0.15) is 78.6 Å². The van der Waals surface area contributed by atoms with Crippen molar-refractivity contribution in [1.82, 2.24) is 5.32 Å². The minimum absolute atomic E-state index is 0.0514. The van der Waals surface area contributed by atoms with E-state index >= 15 is 0 Å². The van der Waals surface area contributed by atoms with Crippen LogP contribution in [0.15, 0.2) is 24.3 Å². The molecular weight excluding hydrogens is 346 g/mol. The number of nitrogens with zero attached hydrogens (tertiary/aromatic N) is 1. The Hall–Kier alpha value is -1.71. The zero-order chi connectivity index (χ0) is 20.0. The number of carbonyl (C=O) groups is 1. The number of carbonyl (C=O) groups excluding carboxylic acids is 1. The highest BCUT2D eigenvalue weighted by molar-refractivity contribution is 5.89. The molecule has 2 unspecified atom stereocenters. The molecule has 1 aromatic carbocycles. The third-order valence-electron chi connectivity index (χ3n) is 7.35. The molecule has 1 aromatic rings. The Morgan fingerprint density at radius 3 is 2.29 bits per heavy atom. The molecule has 0 aliphatic heterocycles. The molecule has 0 saturated heterocycles. The lowest BCUT2D eigenvalue weighted by Gasteiger charge is -2.48. The van der Waals surface area contributed by atoms with Gasteiger partial charge in [-0.1, -0.05) is 39.0 Å². The van der Waals surface area contributed by atoms with Crippen molar-refractivity contribution in [1.29, 1.82) is 0 Å². The lowest BCUT2D eigenvalue weighted by Crippen LogP contribution is -2.53. The first-order valence-electron chi connectivity index (χ1n) is 11.5. The number of hydrogen-bond donors (Lipinski definition) is 2. The van der Waals surface area contributed by atoms with Crippen molar-refractivity contribution in [2.75, 3.05) is 23.3 Å². The number of anilines is 2. The largest absolute Gasteiger partial charge is 0.372 e. The van der Waals surface area contributed by atoms with E-state index in [0.29, 0.717) is 6.04 Å². The van der Waals surface area contributed by atoms with Crippen LogP contribution < -0.4 is 15.5 Å². The minimum Gasteiger partial charge on any atom is -0.372 e. The van der Waals surface area contributed by atoms with Crippen molar-refractivity contribution in [3.05, 3.63) is 24.3 Å². The Kier molecular flexibility index (Phi) is 7.25. The molecule has 0 radical (unpaired) electrons. The molecule has 2 fully saturated rings. The number of nitrogens with one attached hydrogen (secondary N) is 2. The molecular formula is C24H39N3O. The van der Waals surface area contributed by atoms with Gasteiger partial charge in [-0.05, 0) is 75.1 Å². The van der Waals surface area contributed by atoms with Crippen LogP contribution in [0.4, 0.5) is 16.2 Å². The van der Waals surface area contributed by atoms with Crippen LogP contribution in [0, 0.1) is 11.3 Å². The summed E-state index contributed by atoms with van der Waals surface area (Å²) in [5, 5.41) is 6.42. The van der Waals surface area contributed by atoms with Crippen LogP contribution in [0.3, 0.4) is 0 Å². The molecule has 2 N–H and O–H groups in total. The van der Waals surface area contributed by atoms with Crippen molar-refractivity contribution < 1.29 is 4.79 Å². The molecule has 3 rings (SSSR count). The number of amides is 2. The molecule has 4 nitrogen and oxygen atoms in total. The molecule has 0 bridgehead atoms. The van der Waals surface area contributed by atoms with E-state index in [1.54, 1.807) is 0 Å². The first-order chi connectivity index (χ1) is 13.6. The van der Waals surface area contributed by atoms with Gasteiger partial charge in [0.2, 0.25) is 0 Å². The van der Waals surface area contributed by atoms with E-state index < -0.39 is 0 Å². The Bertz CT molecular complexity index is 619. The lowest BCUT2D eigenvalue weighted by molar-refractivity contribution is 0.0523. The smallest absolute Gasteiger partial charge is 0.319 e. The van der Waals surface area contributed by atoms with Gasteiger partial charge in [-0.15, -0.1) is 0 Å². The Morgan fingerprint density at radius 2 is 1.64 bits per heavy atom. The second-order valence-electron chi connectivity index (χ2n) is 8.96. The highest BCUT2D eigenvalue weighted by Crippen LogP contribution is 2.48. The summed E-state index contributed by atoms with van der Waals surface area (Å²) in [4.78, 5) is 15.1. The maximum Gasteiger partial charge on any atom is 0.319 e. The van der Waals surface area contributed by atoms with Crippen molar-refractivity contribution in [2.24, 2.45) is 11.3 Å². The average molecular weight is 386 g/mol. The van der Waals surface area contributed by atoms with Gasteiger partial charge in [0, 0.05) is 30.5 Å². The van der Waals surface area contributed by atoms with E-state index in [0.717, 1.165) is 31.1 Å². The van der Waals surface area contributed by atoms with Crippen molar-refractivity contribution in [2.45, 2.75) is 84.6 Å². The third-order valence-corrected chi connectivity index (χ3v) is 7.35. The highest BCUT2D eigenvalue weighted by atomic mass is 16.2. The van der Waals surface area contributed by atoms with E-state index in [-0.39, 0.29) is 11.4 Å². The second-order valence-corrected chi connectivity index (χ2v) is 8.96. The van der Waals surface area contributed by atoms with Crippen LogP contribution >= 0.6 is 0 Å². The van der Waals surface area contributed by atoms with Crippen molar-refractivity contribution in [3.8, 4) is 0 Å². The Morgan fingerprint density at radius 1 is 1.00 bits per heavy atom. The quantitative estimate of drug-likeness (QED) is 0.614. The van der Waals surface area contributed by atoms with Gasteiger partial charge in [-0.25, -0.2) is 4.79 Å². The molecule has 28 heavy (non-hydrogen) atoms. The number of benzene rings is 1. The zero-order valence-corrected chi connectivity index (χ0v) is 18.1. The standard InChI is InChI=1S/C24H39N3O/c1-4-27(5-2)21-16-14-20(15-17-21)25-23(28)26-22-13-9-10-18-24(22,3)19-11-7-6-8-12-19/h14-17,19,22H,4-13,18H2,1-3H3,(H2,25,26,28). The summed E-state index contributed by atoms with van der Waals surface area (Å²) in [5.41, 5.74) is 2.32. The topological polar surface area (TPSA) is 44.4 Å². The summed E-state index contributed by atoms with van der Waals surface area (Å²) < 4.78 is 0. The van der Waals surface area contributed by atoms with Crippen molar-refractivity contribution >= 4 is 17.4 Å². The maximum absolute atomic E-state index is 12.7. The van der Waals surface area contributed by atoms with Crippen molar-refractivity contribution in [3.63, 3.8) is 0 Å². The second kappa shape index (κ2) is 9.67. The molecule has 0 heterocycles. The molecule has 4 heteroatoms. The minimum atomic E-state index is -0.0514. The fraction of sp³-hybridized carbons (Fsp3) is 0.708. The van der Waals surface area contributed by atoms with Gasteiger partial charge >= 0.3 is 6.03 Å². The molecule has 156 valence electrons. The van der Waals surface area contributed by atoms with Gasteiger partial charge in [0.1, 0.15) is 0 Å². The zero-order valence-electron chi connectivity index (χ0n) is 18.1. The average Bonchev–Trinajstić information content (AvgIpc) is 2.72. The fourth-order valence-corrected chi connectivity index (χ4v) is 5.52. The predicted octanol–water partition coefficient (Wildman–Crippen LogP) is 6.18. The monoisotopic (exact) mass is 385 g/mol. The van der Waals surface area contributed by atoms with E-state index in [9.17, 15) is 4.79 Å². The molecule has 0 aromatic heterocycles. The van der Waals surface area contributed by atoms with Crippen LogP contribution in [-0.2, 0) is 0 Å². The van der Waals surface area contributed by atoms with Gasteiger partial charge in [0.15, 0.2) is 0 Å². The number of rotatable bonds is 6. The van der Waals surface area contributed by atoms with Gasteiger partial charge < -0.3 is 15.5 Å². The summed E-state index contributed by atoms with van der Waals surface area (Å²) >= 11 is 0. The Balaban J connectivity index is 1.61. The van der Waals surface area contributed by atoms with Crippen LogP contribution in [-0.4, -0.2) is 25.2 Å². The van der Waals surface area contributed by atoms with Gasteiger partial charge in [0.25, 0.3) is 0 Å². The van der Waals surface area contributed by atoms with E-state index in [1.165, 1.54) is 57.1 Å². The van der Waals surface area contributed by atoms with Gasteiger partial charge in [-0.2, -0.15) is 0 Å². The van der Waals surface area contributed by atoms with Crippen LogP contribution in [0.5, 0.6) is 0 Å². The SMILES string of the molecule is CCN(CC)c1ccc(NC(=O)NC2CCCCC2(C)C2CCCCC2)cc1. The first-order valence-corrected chi connectivity index (χ1v) is 11.5.